The largest absolute Gasteiger partial charge is 0.495 e. The molecule has 0 aliphatic heterocycles. The molecule has 4 nitrogen and oxygen atoms in total. The summed E-state index contributed by atoms with van der Waals surface area (Å²) in [6.45, 7) is 0. The first-order chi connectivity index (χ1) is 7.20. The highest BCUT2D eigenvalue weighted by molar-refractivity contribution is 6.17. The molecule has 0 bridgehead atoms. The highest BCUT2D eigenvalue weighted by atomic mass is 35.5. The van der Waals surface area contributed by atoms with E-state index in [1.54, 1.807) is 12.1 Å². The monoisotopic (exact) mass is 231 g/mol. The van der Waals surface area contributed by atoms with E-state index < -0.39 is 12.2 Å². The molecule has 0 saturated heterocycles. The summed E-state index contributed by atoms with van der Waals surface area (Å²) in [7, 11) is 1.49. The van der Waals surface area contributed by atoms with Crippen LogP contribution in [0.1, 0.15) is 18.2 Å². The van der Waals surface area contributed by atoms with Gasteiger partial charge >= 0.3 is 0 Å². The van der Waals surface area contributed by atoms with Crippen molar-refractivity contribution in [3.63, 3.8) is 0 Å². The number of nitrogens with zero attached hydrogens (tertiary/aromatic N) is 1. The Labute approximate surface area is 93.5 Å². The molecule has 0 fully saturated rings. The lowest BCUT2D eigenvalue weighted by Gasteiger charge is -2.18. The van der Waals surface area contributed by atoms with Crippen LogP contribution in [-0.4, -0.2) is 34.3 Å². The van der Waals surface area contributed by atoms with E-state index in [0.29, 0.717) is 17.9 Å². The van der Waals surface area contributed by atoms with Crippen LogP contribution in [0.25, 0.3) is 0 Å². The number of halogens is 1. The predicted molar refractivity (Wildman–Crippen MR) is 57.1 cm³/mol. The van der Waals surface area contributed by atoms with E-state index in [1.807, 2.05) is 0 Å². The van der Waals surface area contributed by atoms with Crippen molar-refractivity contribution >= 4 is 11.6 Å². The molecule has 0 aliphatic carbocycles. The van der Waals surface area contributed by atoms with Gasteiger partial charge in [0.25, 0.3) is 0 Å². The fourth-order valence-electron chi connectivity index (χ4n) is 1.25. The van der Waals surface area contributed by atoms with Gasteiger partial charge in [0.1, 0.15) is 17.5 Å². The third-order valence-corrected chi connectivity index (χ3v) is 2.29. The van der Waals surface area contributed by atoms with Gasteiger partial charge in [0.15, 0.2) is 0 Å². The smallest absolute Gasteiger partial charge is 0.143 e. The molecular formula is C10H14ClNO3. The Morgan fingerprint density at radius 1 is 1.53 bits per heavy atom. The SMILES string of the molecule is COc1cccnc1C(O)C(O)CCCl. The minimum Gasteiger partial charge on any atom is -0.495 e. The van der Waals surface area contributed by atoms with Crippen molar-refractivity contribution in [1.82, 2.24) is 4.98 Å². The summed E-state index contributed by atoms with van der Waals surface area (Å²) >= 11 is 5.48. The molecule has 1 aromatic heterocycles. The Kier molecular flexibility index (Phi) is 4.81. The number of hydrogen-bond acceptors (Lipinski definition) is 4. The molecule has 0 aliphatic rings. The zero-order chi connectivity index (χ0) is 11.3. The third-order valence-electron chi connectivity index (χ3n) is 2.07. The van der Waals surface area contributed by atoms with Crippen LogP contribution in [0.5, 0.6) is 5.75 Å². The maximum Gasteiger partial charge on any atom is 0.143 e. The second-order valence-electron chi connectivity index (χ2n) is 3.08. The van der Waals surface area contributed by atoms with E-state index >= 15 is 0 Å². The molecule has 1 heterocycles. The van der Waals surface area contributed by atoms with Crippen LogP contribution in [0.15, 0.2) is 18.3 Å². The zero-order valence-electron chi connectivity index (χ0n) is 8.43. The van der Waals surface area contributed by atoms with Gasteiger partial charge in [-0.05, 0) is 18.6 Å². The molecule has 0 saturated carbocycles. The predicted octanol–water partition coefficient (Wildman–Crippen LogP) is 1.11. The summed E-state index contributed by atoms with van der Waals surface area (Å²) in [5, 5.41) is 19.3. The summed E-state index contributed by atoms with van der Waals surface area (Å²) in [6, 6.07) is 3.38. The molecule has 2 atom stereocenters. The maximum absolute atomic E-state index is 9.78. The van der Waals surface area contributed by atoms with Crippen LogP contribution in [0.2, 0.25) is 0 Å². The highest BCUT2D eigenvalue weighted by Gasteiger charge is 2.22. The number of ether oxygens (including phenoxy) is 1. The number of hydrogen-bond donors (Lipinski definition) is 2. The summed E-state index contributed by atoms with van der Waals surface area (Å²) in [6.07, 6.45) is -0.150. The number of aliphatic hydroxyl groups is 2. The van der Waals surface area contributed by atoms with Gasteiger partial charge in [0.05, 0.1) is 13.2 Å². The number of aliphatic hydroxyl groups excluding tert-OH is 2. The van der Waals surface area contributed by atoms with Crippen LogP contribution >= 0.6 is 11.6 Å². The molecule has 0 spiro atoms. The summed E-state index contributed by atoms with van der Waals surface area (Å²) in [4.78, 5) is 3.97. The Morgan fingerprint density at radius 3 is 2.87 bits per heavy atom. The van der Waals surface area contributed by atoms with Gasteiger partial charge in [-0.25, -0.2) is 0 Å². The van der Waals surface area contributed by atoms with E-state index in [0.717, 1.165) is 0 Å². The minimum absolute atomic E-state index is 0.285. The number of aromatic nitrogens is 1. The van der Waals surface area contributed by atoms with Crippen molar-refractivity contribution in [3.05, 3.63) is 24.0 Å². The Balaban J connectivity index is 2.84. The number of rotatable bonds is 5. The van der Waals surface area contributed by atoms with Gasteiger partial charge in [-0.3, -0.25) is 4.98 Å². The summed E-state index contributed by atoms with van der Waals surface area (Å²) in [5.74, 6) is 0.742. The van der Waals surface area contributed by atoms with Crippen LogP contribution in [-0.2, 0) is 0 Å². The van der Waals surface area contributed by atoms with Gasteiger partial charge in [0, 0.05) is 12.1 Å². The van der Waals surface area contributed by atoms with Gasteiger partial charge in [-0.2, -0.15) is 0 Å². The first-order valence-electron chi connectivity index (χ1n) is 4.61. The average Bonchev–Trinajstić information content (AvgIpc) is 2.28. The molecule has 2 unspecified atom stereocenters. The molecule has 15 heavy (non-hydrogen) atoms. The van der Waals surface area contributed by atoms with Crippen LogP contribution in [0.4, 0.5) is 0 Å². The molecule has 0 aromatic carbocycles. The lowest BCUT2D eigenvalue weighted by Crippen LogP contribution is -2.20. The van der Waals surface area contributed by atoms with Crippen molar-refractivity contribution in [3.8, 4) is 5.75 Å². The number of pyridine rings is 1. The maximum atomic E-state index is 9.78. The Bertz CT molecular complexity index is 308. The van der Waals surface area contributed by atoms with E-state index in [4.69, 9.17) is 16.3 Å². The fourth-order valence-corrected chi connectivity index (χ4v) is 1.47. The lowest BCUT2D eigenvalue weighted by molar-refractivity contribution is 0.0130. The van der Waals surface area contributed by atoms with Gasteiger partial charge < -0.3 is 14.9 Å². The topological polar surface area (TPSA) is 62.6 Å². The van der Waals surface area contributed by atoms with Gasteiger partial charge in [-0.1, -0.05) is 0 Å². The first-order valence-corrected chi connectivity index (χ1v) is 5.15. The molecule has 84 valence electrons. The van der Waals surface area contributed by atoms with Gasteiger partial charge in [0.2, 0.25) is 0 Å². The molecule has 1 aromatic rings. The molecule has 1 rings (SSSR count). The van der Waals surface area contributed by atoms with Crippen LogP contribution in [0, 0.1) is 0 Å². The second kappa shape index (κ2) is 5.90. The summed E-state index contributed by atoms with van der Waals surface area (Å²) in [5.41, 5.74) is 0.331. The molecule has 0 amide bonds. The highest BCUT2D eigenvalue weighted by Crippen LogP contribution is 2.25. The average molecular weight is 232 g/mol. The summed E-state index contributed by atoms with van der Waals surface area (Å²) < 4.78 is 5.03. The number of methoxy groups -OCH3 is 1. The first kappa shape index (κ1) is 12.2. The van der Waals surface area contributed by atoms with Crippen LogP contribution in [0.3, 0.4) is 0 Å². The van der Waals surface area contributed by atoms with E-state index in [1.165, 1.54) is 13.3 Å². The molecule has 2 N–H and O–H groups in total. The van der Waals surface area contributed by atoms with Crippen molar-refractivity contribution in [2.45, 2.75) is 18.6 Å². The van der Waals surface area contributed by atoms with Crippen molar-refractivity contribution < 1.29 is 14.9 Å². The Hall–Kier alpha value is -0.840. The Morgan fingerprint density at radius 2 is 2.27 bits per heavy atom. The van der Waals surface area contributed by atoms with Crippen molar-refractivity contribution in [2.24, 2.45) is 0 Å². The third kappa shape index (κ3) is 3.06. The van der Waals surface area contributed by atoms with E-state index in [-0.39, 0.29) is 5.88 Å². The van der Waals surface area contributed by atoms with Crippen molar-refractivity contribution in [2.75, 3.05) is 13.0 Å². The molecule has 5 heteroatoms. The van der Waals surface area contributed by atoms with E-state index in [2.05, 4.69) is 4.98 Å². The fraction of sp³-hybridized carbons (Fsp3) is 0.500. The zero-order valence-corrected chi connectivity index (χ0v) is 9.18. The quantitative estimate of drug-likeness (QED) is 0.746. The molecule has 0 radical (unpaired) electrons. The normalized spacial score (nSPS) is 14.7. The standard InChI is InChI=1S/C10H14ClNO3/c1-15-8-3-2-6-12-9(8)10(14)7(13)4-5-11/h2-3,6-7,10,13-14H,4-5H2,1H3. The minimum atomic E-state index is -1.07. The van der Waals surface area contributed by atoms with E-state index in [9.17, 15) is 10.2 Å². The molecular weight excluding hydrogens is 218 g/mol. The van der Waals surface area contributed by atoms with Gasteiger partial charge in [-0.15, -0.1) is 11.6 Å². The second-order valence-corrected chi connectivity index (χ2v) is 3.46. The number of alkyl halides is 1. The van der Waals surface area contributed by atoms with Crippen LogP contribution < -0.4 is 4.74 Å². The lowest BCUT2D eigenvalue weighted by atomic mass is 10.1. The van der Waals surface area contributed by atoms with Crippen molar-refractivity contribution in [1.29, 1.82) is 0 Å².